The van der Waals surface area contributed by atoms with E-state index in [0.29, 0.717) is 6.54 Å². The number of carbonyl (C=O) groups excluding carboxylic acids is 1. The Morgan fingerprint density at radius 3 is 2.42 bits per heavy atom. The molecule has 0 unspecified atom stereocenters. The minimum atomic E-state index is 0.0769. The molecule has 0 saturated carbocycles. The fourth-order valence-electron chi connectivity index (χ4n) is 4.57. The number of benzene rings is 2. The second-order valence-corrected chi connectivity index (χ2v) is 8.80. The summed E-state index contributed by atoms with van der Waals surface area (Å²) in [6.45, 7) is 5.52. The van der Waals surface area contributed by atoms with Crippen molar-refractivity contribution in [2.75, 3.05) is 39.3 Å². The topological polar surface area (TPSA) is 44.8 Å². The molecule has 0 aromatic heterocycles. The van der Waals surface area contributed by atoms with Crippen LogP contribution in [0.2, 0.25) is 5.02 Å². The third-order valence-corrected chi connectivity index (χ3v) is 6.63. The van der Waals surface area contributed by atoms with E-state index in [2.05, 4.69) is 28.4 Å². The molecule has 2 saturated heterocycles. The van der Waals surface area contributed by atoms with Gasteiger partial charge in [0.1, 0.15) is 5.75 Å². The molecule has 6 heteroatoms. The fourth-order valence-corrected chi connectivity index (χ4v) is 4.83. The Bertz CT molecular complexity index is 863. The van der Waals surface area contributed by atoms with E-state index in [1.165, 1.54) is 18.4 Å². The summed E-state index contributed by atoms with van der Waals surface area (Å²) in [5.74, 6) is 0.853. The van der Waals surface area contributed by atoms with Crippen LogP contribution in [0.25, 0.3) is 0 Å². The van der Waals surface area contributed by atoms with Crippen LogP contribution >= 0.6 is 11.6 Å². The highest BCUT2D eigenvalue weighted by molar-refractivity contribution is 6.31. The molecular weight excluding hydrogens is 410 g/mol. The van der Waals surface area contributed by atoms with Crippen LogP contribution in [0.15, 0.2) is 48.5 Å². The second kappa shape index (κ2) is 11.0. The van der Waals surface area contributed by atoms with Crippen LogP contribution in [0, 0.1) is 0 Å². The van der Waals surface area contributed by atoms with Gasteiger partial charge in [0.25, 0.3) is 5.91 Å². The summed E-state index contributed by atoms with van der Waals surface area (Å²) >= 11 is 6.53. The molecule has 2 aliphatic rings. The molecule has 5 nitrogen and oxygen atoms in total. The summed E-state index contributed by atoms with van der Waals surface area (Å²) in [7, 11) is 0. The maximum atomic E-state index is 12.3. The average Bonchev–Trinajstić information content (AvgIpc) is 3.51. The van der Waals surface area contributed by atoms with E-state index in [1.807, 2.05) is 35.2 Å². The number of nitrogens with zero attached hydrogens (tertiary/aromatic N) is 2. The molecule has 2 aromatic carbocycles. The van der Waals surface area contributed by atoms with Crippen molar-refractivity contribution >= 4 is 17.5 Å². The van der Waals surface area contributed by atoms with Gasteiger partial charge in [0.15, 0.2) is 6.61 Å². The molecule has 2 aliphatic heterocycles. The first-order valence-corrected chi connectivity index (χ1v) is 11.8. The predicted octanol–water partition coefficient (Wildman–Crippen LogP) is 4.27. The van der Waals surface area contributed by atoms with Gasteiger partial charge in [-0.3, -0.25) is 9.69 Å². The first-order valence-electron chi connectivity index (χ1n) is 11.4. The van der Waals surface area contributed by atoms with E-state index in [9.17, 15) is 4.79 Å². The van der Waals surface area contributed by atoms with Crippen molar-refractivity contribution in [2.45, 2.75) is 38.3 Å². The molecule has 0 spiro atoms. The van der Waals surface area contributed by atoms with E-state index >= 15 is 0 Å². The first-order chi connectivity index (χ1) is 15.2. The number of nitrogens with one attached hydrogen (secondary N) is 1. The zero-order valence-corrected chi connectivity index (χ0v) is 18.8. The van der Waals surface area contributed by atoms with Gasteiger partial charge in [-0.15, -0.1) is 0 Å². The number of ether oxygens (including phenoxy) is 1. The lowest BCUT2D eigenvalue weighted by Gasteiger charge is -2.29. The van der Waals surface area contributed by atoms with Crippen LogP contribution in [-0.4, -0.2) is 55.0 Å². The largest absolute Gasteiger partial charge is 0.483 e. The molecule has 4 rings (SSSR count). The highest BCUT2D eigenvalue weighted by atomic mass is 35.5. The zero-order chi connectivity index (χ0) is 21.5. The Labute approximate surface area is 190 Å². The third kappa shape index (κ3) is 5.79. The summed E-state index contributed by atoms with van der Waals surface area (Å²) in [5, 5.41) is 4.44. The molecule has 2 fully saturated rings. The number of amides is 1. The lowest BCUT2D eigenvalue weighted by molar-refractivity contribution is -0.132. The monoisotopic (exact) mass is 441 g/mol. The van der Waals surface area contributed by atoms with E-state index in [1.54, 1.807) is 0 Å². The Morgan fingerprint density at radius 1 is 0.968 bits per heavy atom. The van der Waals surface area contributed by atoms with Crippen molar-refractivity contribution in [3.8, 4) is 5.75 Å². The summed E-state index contributed by atoms with van der Waals surface area (Å²) < 4.78 is 5.91. The van der Waals surface area contributed by atoms with Gasteiger partial charge in [0, 0.05) is 42.8 Å². The molecule has 166 valence electrons. The normalized spacial score (nSPS) is 17.8. The van der Waals surface area contributed by atoms with Gasteiger partial charge in [-0.2, -0.15) is 0 Å². The predicted molar refractivity (Wildman–Crippen MR) is 124 cm³/mol. The molecular formula is C25H32ClN3O2. The second-order valence-electron chi connectivity index (χ2n) is 8.40. The Kier molecular flexibility index (Phi) is 7.84. The summed E-state index contributed by atoms with van der Waals surface area (Å²) in [6.07, 6.45) is 4.66. The SMILES string of the molecule is O=C(COc1ccccc1CNC[C@H](c1ccccc1Cl)N1CCCC1)N1CCCC1. The van der Waals surface area contributed by atoms with Crippen LogP contribution in [0.3, 0.4) is 0 Å². The average molecular weight is 442 g/mol. The number of halogens is 1. The van der Waals surface area contributed by atoms with Gasteiger partial charge >= 0.3 is 0 Å². The van der Waals surface area contributed by atoms with Crippen molar-refractivity contribution in [3.63, 3.8) is 0 Å². The number of carbonyl (C=O) groups is 1. The van der Waals surface area contributed by atoms with Gasteiger partial charge in [-0.1, -0.05) is 48.0 Å². The lowest BCUT2D eigenvalue weighted by Crippen LogP contribution is -2.34. The summed E-state index contributed by atoms with van der Waals surface area (Å²) in [5.41, 5.74) is 2.25. The molecule has 1 N–H and O–H groups in total. The molecule has 31 heavy (non-hydrogen) atoms. The van der Waals surface area contributed by atoms with Crippen molar-refractivity contribution < 1.29 is 9.53 Å². The Balaban J connectivity index is 1.36. The van der Waals surface area contributed by atoms with Crippen LogP contribution in [0.5, 0.6) is 5.75 Å². The molecule has 2 heterocycles. The molecule has 0 bridgehead atoms. The number of likely N-dealkylation sites (tertiary alicyclic amines) is 2. The van der Waals surface area contributed by atoms with Crippen LogP contribution in [0.1, 0.15) is 42.9 Å². The first kappa shape index (κ1) is 22.1. The highest BCUT2D eigenvalue weighted by Crippen LogP contribution is 2.30. The van der Waals surface area contributed by atoms with Crippen LogP contribution < -0.4 is 10.1 Å². The number of rotatable bonds is 9. The standard InChI is InChI=1S/C25H32ClN3O2/c26-22-11-3-2-10-21(22)23(28-13-5-6-14-28)18-27-17-20-9-1-4-12-24(20)31-19-25(30)29-15-7-8-16-29/h1-4,9-12,23,27H,5-8,13-19H2/t23-/m1/s1. The van der Waals surface area contributed by atoms with Crippen LogP contribution in [0.4, 0.5) is 0 Å². The molecule has 1 amide bonds. The van der Waals surface area contributed by atoms with E-state index in [4.69, 9.17) is 16.3 Å². The minimum Gasteiger partial charge on any atom is -0.483 e. The quantitative estimate of drug-likeness (QED) is 0.631. The Hall–Kier alpha value is -2.08. The van der Waals surface area contributed by atoms with Gasteiger partial charge in [-0.25, -0.2) is 0 Å². The lowest BCUT2D eigenvalue weighted by atomic mass is 10.1. The highest BCUT2D eigenvalue weighted by Gasteiger charge is 2.25. The minimum absolute atomic E-state index is 0.0769. The molecule has 0 aliphatic carbocycles. The van der Waals surface area contributed by atoms with E-state index in [-0.39, 0.29) is 18.6 Å². The molecule has 1 atom stereocenters. The Morgan fingerprint density at radius 2 is 1.65 bits per heavy atom. The van der Waals surface area contributed by atoms with Crippen molar-refractivity contribution in [3.05, 3.63) is 64.7 Å². The van der Waals surface area contributed by atoms with Gasteiger partial charge < -0.3 is 15.0 Å². The maximum absolute atomic E-state index is 12.3. The van der Waals surface area contributed by atoms with Crippen LogP contribution in [-0.2, 0) is 11.3 Å². The van der Waals surface area contributed by atoms with E-state index < -0.39 is 0 Å². The van der Waals surface area contributed by atoms with Crippen molar-refractivity contribution in [1.29, 1.82) is 0 Å². The summed E-state index contributed by atoms with van der Waals surface area (Å²) in [4.78, 5) is 16.7. The van der Waals surface area contributed by atoms with Crippen molar-refractivity contribution in [2.24, 2.45) is 0 Å². The zero-order valence-electron chi connectivity index (χ0n) is 18.1. The van der Waals surface area contributed by atoms with Gasteiger partial charge in [0.2, 0.25) is 0 Å². The fraction of sp³-hybridized carbons (Fsp3) is 0.480. The smallest absolute Gasteiger partial charge is 0.260 e. The summed E-state index contributed by atoms with van der Waals surface area (Å²) in [6, 6.07) is 16.4. The van der Waals surface area contributed by atoms with Gasteiger partial charge in [-0.05, 0) is 56.5 Å². The van der Waals surface area contributed by atoms with Gasteiger partial charge in [0.05, 0.1) is 0 Å². The number of hydrogen-bond acceptors (Lipinski definition) is 4. The van der Waals surface area contributed by atoms with Crippen molar-refractivity contribution in [1.82, 2.24) is 15.1 Å². The maximum Gasteiger partial charge on any atom is 0.260 e. The molecule has 2 aromatic rings. The van der Waals surface area contributed by atoms with E-state index in [0.717, 1.165) is 61.9 Å². The third-order valence-electron chi connectivity index (χ3n) is 6.28. The molecule has 0 radical (unpaired) electrons. The number of hydrogen-bond donors (Lipinski definition) is 1. The number of para-hydroxylation sites is 1.